The lowest BCUT2D eigenvalue weighted by molar-refractivity contribution is -0.123. The number of para-hydroxylation sites is 1. The molecule has 1 unspecified atom stereocenters. The molecule has 2 heterocycles. The number of anilines is 1. The van der Waals surface area contributed by atoms with Gasteiger partial charge in [-0.1, -0.05) is 12.1 Å². The largest absolute Gasteiger partial charge is 0.381 e. The standard InChI is InChI=1S/C15H15BrN2O2/c16-12-7-10-3-1-5-13(14(10)17-8-12)18-15(19)11-4-2-6-20-9-11/h1,3,5,7-8,11H,2,4,6,9H2,(H,18,19). The van der Waals surface area contributed by atoms with Crippen LogP contribution in [0.25, 0.3) is 10.9 Å². The molecule has 1 aromatic carbocycles. The van der Waals surface area contributed by atoms with Crippen molar-refractivity contribution in [2.45, 2.75) is 12.8 Å². The molecule has 5 heteroatoms. The summed E-state index contributed by atoms with van der Waals surface area (Å²) in [6, 6.07) is 7.77. The molecule has 0 bridgehead atoms. The molecule has 2 aromatic rings. The number of halogens is 1. The van der Waals surface area contributed by atoms with Crippen LogP contribution in [0.15, 0.2) is 34.9 Å². The Labute approximate surface area is 125 Å². The van der Waals surface area contributed by atoms with Crippen molar-refractivity contribution in [3.05, 3.63) is 34.9 Å². The molecule has 1 aliphatic heterocycles. The van der Waals surface area contributed by atoms with Crippen LogP contribution in [0.5, 0.6) is 0 Å². The highest BCUT2D eigenvalue weighted by atomic mass is 79.9. The van der Waals surface area contributed by atoms with Crippen LogP contribution in [0.3, 0.4) is 0 Å². The summed E-state index contributed by atoms with van der Waals surface area (Å²) >= 11 is 3.40. The first-order valence-corrected chi connectivity index (χ1v) is 7.46. The van der Waals surface area contributed by atoms with Crippen molar-refractivity contribution in [1.82, 2.24) is 4.98 Å². The van der Waals surface area contributed by atoms with Gasteiger partial charge < -0.3 is 10.1 Å². The molecular weight excluding hydrogens is 320 g/mol. The summed E-state index contributed by atoms with van der Waals surface area (Å²) < 4.78 is 6.29. The van der Waals surface area contributed by atoms with Gasteiger partial charge in [-0.3, -0.25) is 9.78 Å². The van der Waals surface area contributed by atoms with Crippen molar-refractivity contribution >= 4 is 38.4 Å². The number of pyridine rings is 1. The van der Waals surface area contributed by atoms with Crippen molar-refractivity contribution < 1.29 is 9.53 Å². The summed E-state index contributed by atoms with van der Waals surface area (Å²) in [6.07, 6.45) is 3.57. The van der Waals surface area contributed by atoms with Gasteiger partial charge >= 0.3 is 0 Å². The summed E-state index contributed by atoms with van der Waals surface area (Å²) in [5.74, 6) is -0.0450. The minimum absolute atomic E-state index is 0.0157. The smallest absolute Gasteiger partial charge is 0.229 e. The van der Waals surface area contributed by atoms with E-state index in [9.17, 15) is 4.79 Å². The molecule has 20 heavy (non-hydrogen) atoms. The summed E-state index contributed by atoms with van der Waals surface area (Å²) in [5.41, 5.74) is 1.56. The van der Waals surface area contributed by atoms with Crippen molar-refractivity contribution in [3.8, 4) is 0 Å². The van der Waals surface area contributed by atoms with E-state index in [-0.39, 0.29) is 11.8 Å². The van der Waals surface area contributed by atoms with Crippen molar-refractivity contribution in [1.29, 1.82) is 0 Å². The average Bonchev–Trinajstić information content (AvgIpc) is 2.48. The normalized spacial score (nSPS) is 18.9. The third kappa shape index (κ3) is 2.83. The Morgan fingerprint density at radius 2 is 2.35 bits per heavy atom. The highest BCUT2D eigenvalue weighted by molar-refractivity contribution is 9.10. The maximum absolute atomic E-state index is 12.2. The van der Waals surface area contributed by atoms with E-state index in [1.807, 2.05) is 24.3 Å². The van der Waals surface area contributed by atoms with E-state index in [1.54, 1.807) is 6.20 Å². The highest BCUT2D eigenvalue weighted by Crippen LogP contribution is 2.25. The number of ether oxygens (including phenoxy) is 1. The number of rotatable bonds is 2. The Bertz CT molecular complexity index is 639. The molecule has 1 atom stereocenters. The van der Waals surface area contributed by atoms with Gasteiger partial charge in [0.1, 0.15) is 0 Å². The number of amides is 1. The Hall–Kier alpha value is -1.46. The van der Waals surface area contributed by atoms with Gasteiger partial charge in [-0.2, -0.15) is 0 Å². The van der Waals surface area contributed by atoms with E-state index in [2.05, 4.69) is 26.2 Å². The molecule has 0 aliphatic carbocycles. The molecule has 0 radical (unpaired) electrons. The first-order valence-electron chi connectivity index (χ1n) is 6.67. The average molecular weight is 335 g/mol. The summed E-state index contributed by atoms with van der Waals surface area (Å²) in [6.45, 7) is 1.27. The minimum atomic E-state index is -0.0607. The van der Waals surface area contributed by atoms with E-state index in [0.29, 0.717) is 6.61 Å². The number of fused-ring (bicyclic) bond motifs is 1. The number of hydrogen-bond donors (Lipinski definition) is 1. The van der Waals surface area contributed by atoms with Crippen LogP contribution < -0.4 is 5.32 Å². The number of hydrogen-bond acceptors (Lipinski definition) is 3. The second-order valence-corrected chi connectivity index (χ2v) is 5.85. The SMILES string of the molecule is O=C(Nc1cccc2cc(Br)cnc12)C1CCCOC1. The molecule has 1 N–H and O–H groups in total. The Kier molecular flexibility index (Phi) is 3.98. The van der Waals surface area contributed by atoms with Crippen LogP contribution in [-0.2, 0) is 9.53 Å². The molecule has 4 nitrogen and oxygen atoms in total. The fourth-order valence-electron chi connectivity index (χ4n) is 2.42. The van der Waals surface area contributed by atoms with Crippen molar-refractivity contribution in [3.63, 3.8) is 0 Å². The van der Waals surface area contributed by atoms with Crippen molar-refractivity contribution in [2.24, 2.45) is 5.92 Å². The van der Waals surface area contributed by atoms with Crippen molar-refractivity contribution in [2.75, 3.05) is 18.5 Å². The summed E-state index contributed by atoms with van der Waals surface area (Å²) in [4.78, 5) is 16.6. The third-order valence-corrected chi connectivity index (χ3v) is 3.90. The maximum Gasteiger partial charge on any atom is 0.229 e. The topological polar surface area (TPSA) is 51.2 Å². The molecule has 0 saturated carbocycles. The Morgan fingerprint density at radius 3 is 3.15 bits per heavy atom. The quantitative estimate of drug-likeness (QED) is 0.916. The molecule has 0 spiro atoms. The Balaban J connectivity index is 1.85. The number of nitrogens with one attached hydrogen (secondary N) is 1. The molecule has 1 aromatic heterocycles. The van der Waals surface area contributed by atoms with E-state index in [4.69, 9.17) is 4.74 Å². The predicted molar refractivity (Wildman–Crippen MR) is 81.6 cm³/mol. The molecule has 1 aliphatic rings. The van der Waals surface area contributed by atoms with Crippen LogP contribution in [-0.4, -0.2) is 24.1 Å². The molecule has 3 rings (SSSR count). The van der Waals surface area contributed by atoms with Crippen LogP contribution in [0.1, 0.15) is 12.8 Å². The van der Waals surface area contributed by atoms with Crippen LogP contribution >= 0.6 is 15.9 Å². The van der Waals surface area contributed by atoms with Crippen LogP contribution in [0, 0.1) is 5.92 Å². The Morgan fingerprint density at radius 1 is 1.45 bits per heavy atom. The van der Waals surface area contributed by atoms with Crippen LogP contribution in [0.4, 0.5) is 5.69 Å². The van der Waals surface area contributed by atoms with Gasteiger partial charge in [0.15, 0.2) is 0 Å². The highest BCUT2D eigenvalue weighted by Gasteiger charge is 2.22. The first-order chi connectivity index (χ1) is 9.74. The van der Waals surface area contributed by atoms with Gasteiger partial charge in [0.25, 0.3) is 0 Å². The zero-order valence-corrected chi connectivity index (χ0v) is 12.5. The van der Waals surface area contributed by atoms with E-state index in [1.165, 1.54) is 0 Å². The lowest BCUT2D eigenvalue weighted by Gasteiger charge is -2.21. The third-order valence-electron chi connectivity index (χ3n) is 3.47. The van der Waals surface area contributed by atoms with Gasteiger partial charge in [0, 0.05) is 22.7 Å². The fourth-order valence-corrected chi connectivity index (χ4v) is 2.77. The summed E-state index contributed by atoms with van der Waals surface area (Å²) in [5, 5.41) is 3.97. The van der Waals surface area contributed by atoms with E-state index >= 15 is 0 Å². The molecular formula is C15H15BrN2O2. The zero-order chi connectivity index (χ0) is 13.9. The predicted octanol–water partition coefficient (Wildman–Crippen LogP) is 3.36. The van der Waals surface area contributed by atoms with Gasteiger partial charge in [0.05, 0.1) is 23.7 Å². The number of nitrogens with zero attached hydrogens (tertiary/aromatic N) is 1. The number of carbonyl (C=O) groups excluding carboxylic acids is 1. The fraction of sp³-hybridized carbons (Fsp3) is 0.333. The van der Waals surface area contributed by atoms with Gasteiger partial charge in [0.2, 0.25) is 5.91 Å². The zero-order valence-electron chi connectivity index (χ0n) is 10.9. The van der Waals surface area contributed by atoms with E-state index < -0.39 is 0 Å². The number of carbonyl (C=O) groups is 1. The second-order valence-electron chi connectivity index (χ2n) is 4.93. The molecule has 104 valence electrons. The molecule has 1 fully saturated rings. The second kappa shape index (κ2) is 5.89. The summed E-state index contributed by atoms with van der Waals surface area (Å²) in [7, 11) is 0. The molecule has 1 amide bonds. The lowest BCUT2D eigenvalue weighted by Crippen LogP contribution is -2.30. The van der Waals surface area contributed by atoms with Crippen LogP contribution in [0.2, 0.25) is 0 Å². The number of benzene rings is 1. The van der Waals surface area contributed by atoms with Gasteiger partial charge in [-0.05, 0) is 40.9 Å². The minimum Gasteiger partial charge on any atom is -0.381 e. The first kappa shape index (κ1) is 13.5. The monoisotopic (exact) mass is 334 g/mol. The lowest BCUT2D eigenvalue weighted by atomic mass is 10.0. The van der Waals surface area contributed by atoms with E-state index in [0.717, 1.165) is 40.5 Å². The van der Waals surface area contributed by atoms with Gasteiger partial charge in [-0.15, -0.1) is 0 Å². The number of aromatic nitrogens is 1. The van der Waals surface area contributed by atoms with Gasteiger partial charge in [-0.25, -0.2) is 0 Å². The maximum atomic E-state index is 12.2. The molecule has 1 saturated heterocycles.